The number of ketones is 1. The molecular weight excluding hydrogens is 408 g/mol. The largest absolute Gasteiger partial charge is 0.508 e. The zero-order valence-electron chi connectivity index (χ0n) is 18.9. The first-order chi connectivity index (χ1) is 15.1. The van der Waals surface area contributed by atoms with E-state index in [4.69, 9.17) is 9.47 Å². The number of benzene rings is 2. The first-order valence-corrected chi connectivity index (χ1v) is 10.6. The molecule has 170 valence electrons. The lowest BCUT2D eigenvalue weighted by molar-refractivity contribution is 0.0838. The van der Waals surface area contributed by atoms with Crippen molar-refractivity contribution in [2.75, 3.05) is 7.11 Å². The number of Topliss-reactive ketones (excluding diaryl/α,β-unsaturated/α-hetero) is 1. The van der Waals surface area contributed by atoms with Crippen LogP contribution in [0.3, 0.4) is 0 Å². The molecule has 1 heterocycles. The van der Waals surface area contributed by atoms with Crippen molar-refractivity contribution in [3.8, 4) is 28.7 Å². The van der Waals surface area contributed by atoms with Crippen molar-refractivity contribution < 1.29 is 29.6 Å². The van der Waals surface area contributed by atoms with Crippen LogP contribution in [0.1, 0.15) is 61.2 Å². The van der Waals surface area contributed by atoms with Crippen LogP contribution in [0.15, 0.2) is 48.1 Å². The molecule has 0 bridgehead atoms. The topological polar surface area (TPSA) is 96.2 Å². The molecule has 32 heavy (non-hydrogen) atoms. The molecule has 2 atom stereocenters. The molecule has 2 aromatic carbocycles. The molecule has 0 unspecified atom stereocenters. The van der Waals surface area contributed by atoms with E-state index >= 15 is 0 Å². The molecule has 0 spiro atoms. The first-order valence-electron chi connectivity index (χ1n) is 10.6. The summed E-state index contributed by atoms with van der Waals surface area (Å²) < 4.78 is 11.6. The summed E-state index contributed by atoms with van der Waals surface area (Å²) in [4.78, 5) is 13.0. The Bertz CT molecular complexity index is 1080. The van der Waals surface area contributed by atoms with Gasteiger partial charge in [-0.1, -0.05) is 23.8 Å². The smallest absolute Gasteiger partial charge is 0.174 e. The Labute approximate surface area is 188 Å². The Morgan fingerprint density at radius 1 is 1.22 bits per heavy atom. The lowest BCUT2D eigenvalue weighted by atomic mass is 9.86. The standard InChI is InChI=1S/C26H30O6/c1-14(2)6-7-16(15(3)4)10-19-20(28)12-21(29)25-22(30)13-24(32-26(19)25)18-9-8-17(27)11-23(18)31-5/h6,8-9,11-12,16,24,27-29H,3,7,10,13H2,1-2,4-5H3/t16-,24+/m1/s1. The molecule has 3 rings (SSSR count). The van der Waals surface area contributed by atoms with Gasteiger partial charge in [0.05, 0.1) is 13.5 Å². The summed E-state index contributed by atoms with van der Waals surface area (Å²) >= 11 is 0. The van der Waals surface area contributed by atoms with E-state index in [0.29, 0.717) is 23.3 Å². The number of phenols is 3. The second-order valence-corrected chi connectivity index (χ2v) is 8.52. The van der Waals surface area contributed by atoms with Gasteiger partial charge in [-0.05, 0) is 51.7 Å². The van der Waals surface area contributed by atoms with E-state index in [0.717, 1.165) is 12.0 Å². The number of allylic oxidation sites excluding steroid dienone is 3. The van der Waals surface area contributed by atoms with Gasteiger partial charge in [-0.2, -0.15) is 0 Å². The van der Waals surface area contributed by atoms with E-state index in [2.05, 4.69) is 12.7 Å². The minimum Gasteiger partial charge on any atom is -0.508 e. The molecule has 3 N–H and O–H groups in total. The summed E-state index contributed by atoms with van der Waals surface area (Å²) in [5.41, 5.74) is 3.26. The van der Waals surface area contributed by atoms with Crippen molar-refractivity contribution in [1.82, 2.24) is 0 Å². The number of rotatable bonds is 7. The lowest BCUT2D eigenvalue weighted by Gasteiger charge is -2.30. The summed E-state index contributed by atoms with van der Waals surface area (Å²) in [6.45, 7) is 10.1. The second-order valence-electron chi connectivity index (χ2n) is 8.52. The number of hydrogen-bond acceptors (Lipinski definition) is 6. The quantitative estimate of drug-likeness (QED) is 0.486. The van der Waals surface area contributed by atoms with Crippen molar-refractivity contribution in [2.24, 2.45) is 5.92 Å². The molecule has 2 aromatic rings. The zero-order chi connectivity index (χ0) is 23.6. The van der Waals surface area contributed by atoms with Gasteiger partial charge in [0.15, 0.2) is 5.78 Å². The van der Waals surface area contributed by atoms with Crippen molar-refractivity contribution in [3.63, 3.8) is 0 Å². The third kappa shape index (κ3) is 4.74. The highest BCUT2D eigenvalue weighted by atomic mass is 16.5. The van der Waals surface area contributed by atoms with Crippen LogP contribution in [0.5, 0.6) is 28.7 Å². The van der Waals surface area contributed by atoms with Gasteiger partial charge >= 0.3 is 0 Å². The average molecular weight is 439 g/mol. The third-order valence-corrected chi connectivity index (χ3v) is 5.77. The molecule has 6 heteroatoms. The van der Waals surface area contributed by atoms with Gasteiger partial charge in [-0.3, -0.25) is 4.79 Å². The summed E-state index contributed by atoms with van der Waals surface area (Å²) in [5, 5.41) is 30.8. The van der Waals surface area contributed by atoms with Crippen LogP contribution in [0, 0.1) is 5.92 Å². The molecule has 0 radical (unpaired) electrons. The average Bonchev–Trinajstić information content (AvgIpc) is 2.71. The van der Waals surface area contributed by atoms with Crippen LogP contribution in [-0.2, 0) is 6.42 Å². The van der Waals surface area contributed by atoms with Gasteiger partial charge in [0.2, 0.25) is 0 Å². The third-order valence-electron chi connectivity index (χ3n) is 5.77. The van der Waals surface area contributed by atoms with E-state index in [1.165, 1.54) is 30.9 Å². The summed E-state index contributed by atoms with van der Waals surface area (Å²) in [7, 11) is 1.47. The molecule has 0 fully saturated rings. The highest BCUT2D eigenvalue weighted by Gasteiger charge is 2.35. The van der Waals surface area contributed by atoms with Crippen LogP contribution in [0.2, 0.25) is 0 Å². The van der Waals surface area contributed by atoms with Crippen LogP contribution in [0.4, 0.5) is 0 Å². The maximum atomic E-state index is 13.0. The minimum absolute atomic E-state index is 0.00636. The minimum atomic E-state index is -0.688. The van der Waals surface area contributed by atoms with Crippen LogP contribution in [-0.4, -0.2) is 28.2 Å². The first kappa shape index (κ1) is 23.3. The van der Waals surface area contributed by atoms with Crippen LogP contribution < -0.4 is 9.47 Å². The van der Waals surface area contributed by atoms with E-state index in [1.54, 1.807) is 6.07 Å². The molecule has 0 saturated carbocycles. The number of fused-ring (bicyclic) bond motifs is 1. The molecule has 0 aliphatic carbocycles. The van der Waals surface area contributed by atoms with E-state index in [9.17, 15) is 20.1 Å². The van der Waals surface area contributed by atoms with E-state index in [1.807, 2.05) is 20.8 Å². The fraction of sp³-hybridized carbons (Fsp3) is 0.346. The SMILES string of the molecule is C=C(C)[C@H](CC=C(C)C)Cc1c(O)cc(O)c2c1O[C@H](c1ccc(O)cc1OC)CC2=O. The normalized spacial score (nSPS) is 16.0. The van der Waals surface area contributed by atoms with E-state index < -0.39 is 6.10 Å². The number of hydrogen-bond donors (Lipinski definition) is 3. The summed E-state index contributed by atoms with van der Waals surface area (Å²) in [5.74, 6) is -0.0991. The number of aromatic hydroxyl groups is 3. The highest BCUT2D eigenvalue weighted by molar-refractivity contribution is 6.03. The number of carbonyl (C=O) groups is 1. The number of phenolic OH excluding ortho intramolecular Hbond substituents is 3. The molecule has 0 saturated heterocycles. The summed E-state index contributed by atoms with van der Waals surface area (Å²) in [6, 6.07) is 5.80. The molecule has 1 aliphatic heterocycles. The Kier molecular flexibility index (Phi) is 6.82. The van der Waals surface area contributed by atoms with Crippen LogP contribution in [0.25, 0.3) is 0 Å². The Hall–Kier alpha value is -3.41. The summed E-state index contributed by atoms with van der Waals surface area (Å²) in [6.07, 6.45) is 2.55. The van der Waals surface area contributed by atoms with Gasteiger partial charge < -0.3 is 24.8 Å². The molecule has 6 nitrogen and oxygen atoms in total. The Morgan fingerprint density at radius 2 is 1.94 bits per heavy atom. The molecule has 1 aliphatic rings. The zero-order valence-corrected chi connectivity index (χ0v) is 18.9. The van der Waals surface area contributed by atoms with Crippen molar-refractivity contribution >= 4 is 5.78 Å². The predicted molar refractivity (Wildman–Crippen MR) is 123 cm³/mol. The molecular formula is C26H30O6. The van der Waals surface area contributed by atoms with Crippen LogP contribution >= 0.6 is 0 Å². The Morgan fingerprint density at radius 3 is 2.56 bits per heavy atom. The van der Waals surface area contributed by atoms with Crippen molar-refractivity contribution in [3.05, 3.63) is 64.8 Å². The van der Waals surface area contributed by atoms with Gasteiger partial charge in [0.25, 0.3) is 0 Å². The number of ether oxygens (including phenoxy) is 2. The van der Waals surface area contributed by atoms with E-state index in [-0.39, 0.29) is 46.7 Å². The number of carbonyl (C=O) groups excluding carboxylic acids is 1. The van der Waals surface area contributed by atoms with Gasteiger partial charge in [0, 0.05) is 23.3 Å². The van der Waals surface area contributed by atoms with Gasteiger partial charge in [-0.15, -0.1) is 0 Å². The predicted octanol–water partition coefficient (Wildman–Crippen LogP) is 5.61. The fourth-order valence-electron chi connectivity index (χ4n) is 3.95. The fourth-order valence-corrected chi connectivity index (χ4v) is 3.95. The van der Waals surface area contributed by atoms with Crippen molar-refractivity contribution in [1.29, 1.82) is 0 Å². The number of methoxy groups -OCH3 is 1. The monoisotopic (exact) mass is 438 g/mol. The lowest BCUT2D eigenvalue weighted by Crippen LogP contribution is -2.23. The van der Waals surface area contributed by atoms with Crippen molar-refractivity contribution in [2.45, 2.75) is 46.1 Å². The molecule has 0 aromatic heterocycles. The maximum absolute atomic E-state index is 13.0. The highest BCUT2D eigenvalue weighted by Crippen LogP contribution is 2.47. The maximum Gasteiger partial charge on any atom is 0.174 e. The Balaban J connectivity index is 2.07. The second kappa shape index (κ2) is 9.39. The van der Waals surface area contributed by atoms with Gasteiger partial charge in [-0.25, -0.2) is 0 Å². The van der Waals surface area contributed by atoms with Gasteiger partial charge in [0.1, 0.15) is 40.4 Å². The molecule has 0 amide bonds.